The molecule has 0 amide bonds. The zero-order valence-electron chi connectivity index (χ0n) is 11.5. The zero-order chi connectivity index (χ0) is 12.5. The Morgan fingerprint density at radius 3 is 2.39 bits per heavy atom. The Balaban J connectivity index is 1.39. The van der Waals surface area contributed by atoms with Gasteiger partial charge in [-0.05, 0) is 38.5 Å². The van der Waals surface area contributed by atoms with Crippen molar-refractivity contribution in [2.75, 3.05) is 13.2 Å². The van der Waals surface area contributed by atoms with E-state index in [1.54, 1.807) is 0 Å². The first-order valence-corrected chi connectivity index (χ1v) is 7.74. The van der Waals surface area contributed by atoms with Gasteiger partial charge in [0.15, 0.2) is 0 Å². The Bertz CT molecular complexity index is 280. The SMILES string of the molecule is NC1(COCC2CCC3(CCCC3)O2)CCCC1. The van der Waals surface area contributed by atoms with Gasteiger partial charge in [0.1, 0.15) is 0 Å². The molecule has 104 valence electrons. The van der Waals surface area contributed by atoms with Crippen LogP contribution in [0.15, 0.2) is 0 Å². The lowest BCUT2D eigenvalue weighted by atomic mass is 9.98. The summed E-state index contributed by atoms with van der Waals surface area (Å²) in [6, 6.07) is 0. The third kappa shape index (κ3) is 2.73. The molecule has 0 aromatic heterocycles. The fourth-order valence-corrected chi connectivity index (χ4v) is 4.02. The minimum atomic E-state index is -0.0380. The van der Waals surface area contributed by atoms with Crippen LogP contribution in [0.25, 0.3) is 0 Å². The Morgan fingerprint density at radius 1 is 1.00 bits per heavy atom. The summed E-state index contributed by atoms with van der Waals surface area (Å²) in [5.41, 5.74) is 6.49. The van der Waals surface area contributed by atoms with Gasteiger partial charge >= 0.3 is 0 Å². The second-order valence-electron chi connectivity index (χ2n) is 6.75. The van der Waals surface area contributed by atoms with Crippen LogP contribution in [0.5, 0.6) is 0 Å². The average Bonchev–Trinajstić information content (AvgIpc) is 3.05. The van der Waals surface area contributed by atoms with Gasteiger partial charge in [0.2, 0.25) is 0 Å². The lowest BCUT2D eigenvalue weighted by molar-refractivity contribution is -0.0726. The highest BCUT2D eigenvalue weighted by Crippen LogP contribution is 2.43. The molecule has 1 unspecified atom stereocenters. The first-order valence-electron chi connectivity index (χ1n) is 7.74. The fourth-order valence-electron chi connectivity index (χ4n) is 4.02. The molecule has 1 heterocycles. The molecule has 1 spiro atoms. The summed E-state index contributed by atoms with van der Waals surface area (Å²) < 4.78 is 12.1. The predicted molar refractivity (Wildman–Crippen MR) is 71.5 cm³/mol. The average molecular weight is 253 g/mol. The summed E-state index contributed by atoms with van der Waals surface area (Å²) in [5.74, 6) is 0. The topological polar surface area (TPSA) is 44.5 Å². The molecule has 3 rings (SSSR count). The van der Waals surface area contributed by atoms with Crippen LogP contribution in [0.3, 0.4) is 0 Å². The normalized spacial score (nSPS) is 33.5. The van der Waals surface area contributed by atoms with Crippen LogP contribution in [-0.4, -0.2) is 30.5 Å². The first kappa shape index (κ1) is 12.9. The summed E-state index contributed by atoms with van der Waals surface area (Å²) in [7, 11) is 0. The van der Waals surface area contributed by atoms with Crippen LogP contribution in [-0.2, 0) is 9.47 Å². The van der Waals surface area contributed by atoms with E-state index in [4.69, 9.17) is 15.2 Å². The van der Waals surface area contributed by atoms with Crippen molar-refractivity contribution in [3.05, 3.63) is 0 Å². The fraction of sp³-hybridized carbons (Fsp3) is 1.00. The second kappa shape index (κ2) is 5.10. The van der Waals surface area contributed by atoms with E-state index >= 15 is 0 Å². The maximum Gasteiger partial charge on any atom is 0.0817 e. The Kier molecular flexibility index (Phi) is 3.65. The summed E-state index contributed by atoms with van der Waals surface area (Å²) in [6.07, 6.45) is 12.8. The molecule has 3 fully saturated rings. The van der Waals surface area contributed by atoms with Gasteiger partial charge in [-0.25, -0.2) is 0 Å². The van der Waals surface area contributed by atoms with Gasteiger partial charge in [0.05, 0.1) is 24.9 Å². The third-order valence-corrected chi connectivity index (χ3v) is 5.15. The molecule has 1 atom stereocenters. The highest BCUT2D eigenvalue weighted by molar-refractivity contribution is 4.93. The summed E-state index contributed by atoms with van der Waals surface area (Å²) in [5, 5.41) is 0. The monoisotopic (exact) mass is 253 g/mol. The molecule has 2 N–H and O–H groups in total. The van der Waals surface area contributed by atoms with Crippen LogP contribution in [0.1, 0.15) is 64.2 Å². The van der Waals surface area contributed by atoms with Crippen molar-refractivity contribution >= 4 is 0 Å². The number of ether oxygens (including phenoxy) is 2. The van der Waals surface area contributed by atoms with E-state index in [0.29, 0.717) is 6.10 Å². The predicted octanol–water partition coefficient (Wildman–Crippen LogP) is 2.77. The number of hydrogen-bond acceptors (Lipinski definition) is 3. The van der Waals surface area contributed by atoms with Gasteiger partial charge in [-0.3, -0.25) is 0 Å². The number of hydrogen-bond donors (Lipinski definition) is 1. The Labute approximate surface area is 110 Å². The smallest absolute Gasteiger partial charge is 0.0817 e. The van der Waals surface area contributed by atoms with Crippen molar-refractivity contribution in [1.29, 1.82) is 0 Å². The van der Waals surface area contributed by atoms with Gasteiger partial charge < -0.3 is 15.2 Å². The van der Waals surface area contributed by atoms with Crippen molar-refractivity contribution in [2.45, 2.75) is 81.5 Å². The molecule has 0 aromatic rings. The molecular formula is C15H27NO2. The van der Waals surface area contributed by atoms with Crippen molar-refractivity contribution in [1.82, 2.24) is 0 Å². The van der Waals surface area contributed by atoms with E-state index in [1.165, 1.54) is 51.4 Å². The molecule has 1 saturated heterocycles. The molecule has 3 nitrogen and oxygen atoms in total. The molecule has 0 aromatic carbocycles. The van der Waals surface area contributed by atoms with Gasteiger partial charge in [-0.1, -0.05) is 25.7 Å². The standard InChI is InChI=1S/C15H27NO2/c16-14(6-1-2-7-14)12-17-11-13-5-10-15(18-13)8-3-4-9-15/h13H,1-12,16H2. The van der Waals surface area contributed by atoms with Crippen LogP contribution in [0.4, 0.5) is 0 Å². The quantitative estimate of drug-likeness (QED) is 0.838. The molecule has 3 aliphatic rings. The van der Waals surface area contributed by atoms with Crippen molar-refractivity contribution in [3.8, 4) is 0 Å². The van der Waals surface area contributed by atoms with E-state index in [1.807, 2.05) is 0 Å². The molecular weight excluding hydrogens is 226 g/mol. The lowest BCUT2D eigenvalue weighted by Crippen LogP contribution is -2.42. The Morgan fingerprint density at radius 2 is 1.67 bits per heavy atom. The molecule has 0 radical (unpaired) electrons. The van der Waals surface area contributed by atoms with Crippen LogP contribution in [0.2, 0.25) is 0 Å². The molecule has 2 saturated carbocycles. The first-order chi connectivity index (χ1) is 8.70. The van der Waals surface area contributed by atoms with Crippen molar-refractivity contribution in [3.63, 3.8) is 0 Å². The largest absolute Gasteiger partial charge is 0.377 e. The van der Waals surface area contributed by atoms with Gasteiger partial charge in [-0.15, -0.1) is 0 Å². The molecule has 2 aliphatic carbocycles. The molecule has 1 aliphatic heterocycles. The maximum atomic E-state index is 6.29. The summed E-state index contributed by atoms with van der Waals surface area (Å²) >= 11 is 0. The maximum absolute atomic E-state index is 6.29. The van der Waals surface area contributed by atoms with E-state index in [2.05, 4.69) is 0 Å². The van der Waals surface area contributed by atoms with Crippen molar-refractivity contribution < 1.29 is 9.47 Å². The second-order valence-corrected chi connectivity index (χ2v) is 6.75. The molecule has 3 heteroatoms. The molecule has 18 heavy (non-hydrogen) atoms. The van der Waals surface area contributed by atoms with Crippen LogP contribution >= 0.6 is 0 Å². The number of nitrogens with two attached hydrogens (primary N) is 1. The molecule has 0 bridgehead atoms. The van der Waals surface area contributed by atoms with Crippen molar-refractivity contribution in [2.24, 2.45) is 5.73 Å². The highest BCUT2D eigenvalue weighted by Gasteiger charge is 2.42. The zero-order valence-corrected chi connectivity index (χ0v) is 11.5. The van der Waals surface area contributed by atoms with E-state index in [9.17, 15) is 0 Å². The van der Waals surface area contributed by atoms with Gasteiger partial charge in [0, 0.05) is 5.54 Å². The van der Waals surface area contributed by atoms with E-state index in [0.717, 1.165) is 26.1 Å². The van der Waals surface area contributed by atoms with Crippen LogP contribution in [0, 0.1) is 0 Å². The van der Waals surface area contributed by atoms with Crippen LogP contribution < -0.4 is 5.73 Å². The summed E-state index contributed by atoms with van der Waals surface area (Å²) in [4.78, 5) is 0. The van der Waals surface area contributed by atoms with Gasteiger partial charge in [0.25, 0.3) is 0 Å². The minimum Gasteiger partial charge on any atom is -0.377 e. The minimum absolute atomic E-state index is 0.0380. The van der Waals surface area contributed by atoms with E-state index < -0.39 is 0 Å². The number of rotatable bonds is 4. The van der Waals surface area contributed by atoms with Gasteiger partial charge in [-0.2, -0.15) is 0 Å². The van der Waals surface area contributed by atoms with E-state index in [-0.39, 0.29) is 11.1 Å². The highest BCUT2D eigenvalue weighted by atomic mass is 16.6. The lowest BCUT2D eigenvalue weighted by Gasteiger charge is -2.26. The third-order valence-electron chi connectivity index (χ3n) is 5.15. The Hall–Kier alpha value is -0.120. The summed E-state index contributed by atoms with van der Waals surface area (Å²) in [6.45, 7) is 1.47.